The van der Waals surface area contributed by atoms with Crippen molar-refractivity contribution in [2.45, 2.75) is 51.7 Å². The minimum Gasteiger partial charge on any atom is -0.469 e. The summed E-state index contributed by atoms with van der Waals surface area (Å²) in [7, 11) is 3.16. The Morgan fingerprint density at radius 3 is 2.61 bits per heavy atom. The number of esters is 1. The zero-order valence-electron chi connectivity index (χ0n) is 12.0. The van der Waals surface area contributed by atoms with Gasteiger partial charge in [-0.15, -0.1) is 0 Å². The van der Waals surface area contributed by atoms with E-state index in [9.17, 15) is 9.59 Å². The second kappa shape index (κ2) is 6.18. The highest BCUT2D eigenvalue weighted by molar-refractivity contribution is 5.87. The fraction of sp³-hybridized carbons (Fsp3) is 0.846. The van der Waals surface area contributed by atoms with Gasteiger partial charge in [-0.25, -0.2) is 0 Å². The molecule has 2 atom stereocenters. The van der Waals surface area contributed by atoms with E-state index >= 15 is 0 Å². The molecule has 0 radical (unpaired) electrons. The lowest BCUT2D eigenvalue weighted by Crippen LogP contribution is -2.49. The summed E-state index contributed by atoms with van der Waals surface area (Å²) >= 11 is 0. The summed E-state index contributed by atoms with van der Waals surface area (Å²) in [5.74, 6) is -0.318. The van der Waals surface area contributed by atoms with E-state index in [0.717, 1.165) is 13.0 Å². The first-order valence-electron chi connectivity index (χ1n) is 6.47. The lowest BCUT2D eigenvalue weighted by Gasteiger charge is -2.32. The molecule has 1 aliphatic rings. The largest absolute Gasteiger partial charge is 0.469 e. The Balaban J connectivity index is 2.94. The molecule has 0 bridgehead atoms. The monoisotopic (exact) mass is 256 g/mol. The Morgan fingerprint density at radius 2 is 2.11 bits per heavy atom. The van der Waals surface area contributed by atoms with E-state index in [1.807, 2.05) is 20.8 Å². The number of methoxy groups -OCH3 is 1. The van der Waals surface area contributed by atoms with E-state index in [0.29, 0.717) is 0 Å². The van der Waals surface area contributed by atoms with Crippen LogP contribution in [0.4, 0.5) is 0 Å². The van der Waals surface area contributed by atoms with Crippen molar-refractivity contribution < 1.29 is 14.3 Å². The van der Waals surface area contributed by atoms with E-state index in [2.05, 4.69) is 4.90 Å². The Labute approximate surface area is 109 Å². The van der Waals surface area contributed by atoms with Crippen molar-refractivity contribution in [2.75, 3.05) is 20.7 Å². The van der Waals surface area contributed by atoms with Crippen molar-refractivity contribution >= 4 is 11.9 Å². The van der Waals surface area contributed by atoms with Gasteiger partial charge in [0.05, 0.1) is 13.5 Å². The summed E-state index contributed by atoms with van der Waals surface area (Å²) in [5.41, 5.74) is 0. The molecule has 5 nitrogen and oxygen atoms in total. The first kappa shape index (κ1) is 15.0. The molecule has 1 amide bonds. The minimum atomic E-state index is -0.396. The molecular formula is C13H24N2O3. The van der Waals surface area contributed by atoms with Gasteiger partial charge in [-0.1, -0.05) is 0 Å². The number of rotatable bonds is 3. The first-order valence-corrected chi connectivity index (χ1v) is 6.47. The zero-order valence-corrected chi connectivity index (χ0v) is 12.0. The summed E-state index contributed by atoms with van der Waals surface area (Å²) in [5, 5.41) is 0. The van der Waals surface area contributed by atoms with Crippen molar-refractivity contribution in [3.8, 4) is 0 Å². The topological polar surface area (TPSA) is 49.9 Å². The smallest absolute Gasteiger partial charge is 0.307 e. The lowest BCUT2D eigenvalue weighted by atomic mass is 10.1. The standard InChI is InChI=1S/C13H24N2O3/c1-9(2)15-7-6-10(3)14(4)13(17)11(15)8-12(16)18-5/h9-11H,6-8H2,1-5H3. The number of carbonyl (C=O) groups is 2. The van der Waals surface area contributed by atoms with E-state index in [1.54, 1.807) is 11.9 Å². The number of ether oxygens (including phenoxy) is 1. The summed E-state index contributed by atoms with van der Waals surface area (Å²) in [4.78, 5) is 27.7. The maximum Gasteiger partial charge on any atom is 0.307 e. The number of likely N-dealkylation sites (N-methyl/N-ethyl adjacent to an activating group) is 1. The Hall–Kier alpha value is -1.10. The van der Waals surface area contributed by atoms with Gasteiger partial charge in [0.2, 0.25) is 5.91 Å². The molecule has 5 heteroatoms. The molecule has 0 aliphatic carbocycles. The summed E-state index contributed by atoms with van der Waals surface area (Å²) in [6.45, 7) is 6.97. The minimum absolute atomic E-state index is 0.0131. The highest BCUT2D eigenvalue weighted by Gasteiger charge is 2.36. The number of hydrogen-bond donors (Lipinski definition) is 0. The van der Waals surface area contributed by atoms with Crippen LogP contribution in [0.2, 0.25) is 0 Å². The molecule has 0 aromatic rings. The van der Waals surface area contributed by atoms with Crippen LogP contribution in [0.3, 0.4) is 0 Å². The van der Waals surface area contributed by atoms with Gasteiger partial charge in [0, 0.05) is 25.7 Å². The van der Waals surface area contributed by atoms with Gasteiger partial charge in [0.25, 0.3) is 0 Å². The van der Waals surface area contributed by atoms with Gasteiger partial charge in [-0.3, -0.25) is 14.5 Å². The third-order valence-corrected chi connectivity index (χ3v) is 3.75. The van der Waals surface area contributed by atoms with Crippen LogP contribution in [-0.2, 0) is 14.3 Å². The normalized spacial score (nSPS) is 26.3. The van der Waals surface area contributed by atoms with Crippen LogP contribution in [0.1, 0.15) is 33.6 Å². The molecule has 0 N–H and O–H groups in total. The maximum absolute atomic E-state index is 12.4. The van der Waals surface area contributed by atoms with Crippen LogP contribution < -0.4 is 0 Å². The molecule has 1 aliphatic heterocycles. The zero-order chi connectivity index (χ0) is 13.9. The summed E-state index contributed by atoms with van der Waals surface area (Å²) in [6.07, 6.45) is 1.06. The average molecular weight is 256 g/mol. The van der Waals surface area contributed by atoms with Crippen molar-refractivity contribution in [2.24, 2.45) is 0 Å². The Kier molecular flexibility index (Phi) is 5.14. The molecule has 1 saturated heterocycles. The number of amides is 1. The van der Waals surface area contributed by atoms with Gasteiger partial charge in [-0.05, 0) is 27.2 Å². The lowest BCUT2D eigenvalue weighted by molar-refractivity contribution is -0.147. The third kappa shape index (κ3) is 3.22. The van der Waals surface area contributed by atoms with E-state index in [4.69, 9.17) is 4.74 Å². The third-order valence-electron chi connectivity index (χ3n) is 3.75. The van der Waals surface area contributed by atoms with Gasteiger partial charge < -0.3 is 9.64 Å². The number of hydrogen-bond acceptors (Lipinski definition) is 4. The second-order valence-electron chi connectivity index (χ2n) is 5.21. The quantitative estimate of drug-likeness (QED) is 0.703. The molecule has 1 rings (SSSR count). The number of carbonyl (C=O) groups excluding carboxylic acids is 2. The van der Waals surface area contributed by atoms with Crippen LogP contribution in [0.25, 0.3) is 0 Å². The van der Waals surface area contributed by atoms with E-state index < -0.39 is 6.04 Å². The van der Waals surface area contributed by atoms with E-state index in [1.165, 1.54) is 7.11 Å². The first-order chi connectivity index (χ1) is 8.38. The number of nitrogens with zero attached hydrogens (tertiary/aromatic N) is 2. The molecule has 0 aromatic heterocycles. The van der Waals surface area contributed by atoms with Crippen LogP contribution in [0.15, 0.2) is 0 Å². The average Bonchev–Trinajstić information content (AvgIpc) is 2.43. The van der Waals surface area contributed by atoms with Gasteiger partial charge in [0.1, 0.15) is 6.04 Å². The molecule has 104 valence electrons. The molecule has 2 unspecified atom stereocenters. The molecule has 1 fully saturated rings. The predicted octanol–water partition coefficient (Wildman–Crippen LogP) is 0.879. The van der Waals surface area contributed by atoms with Crippen molar-refractivity contribution in [3.63, 3.8) is 0 Å². The highest BCUT2D eigenvalue weighted by atomic mass is 16.5. The van der Waals surface area contributed by atoms with Crippen LogP contribution in [0, 0.1) is 0 Å². The fourth-order valence-corrected chi connectivity index (χ4v) is 2.34. The fourth-order valence-electron chi connectivity index (χ4n) is 2.34. The predicted molar refractivity (Wildman–Crippen MR) is 69.1 cm³/mol. The van der Waals surface area contributed by atoms with Crippen molar-refractivity contribution in [3.05, 3.63) is 0 Å². The SMILES string of the molecule is COC(=O)CC1C(=O)N(C)C(C)CCN1C(C)C. The van der Waals surface area contributed by atoms with Crippen LogP contribution in [0.5, 0.6) is 0 Å². The van der Waals surface area contributed by atoms with Crippen molar-refractivity contribution in [1.82, 2.24) is 9.80 Å². The highest BCUT2D eigenvalue weighted by Crippen LogP contribution is 2.20. The van der Waals surface area contributed by atoms with Crippen LogP contribution in [-0.4, -0.2) is 60.5 Å². The maximum atomic E-state index is 12.4. The molecule has 0 saturated carbocycles. The van der Waals surface area contributed by atoms with Gasteiger partial charge in [0.15, 0.2) is 0 Å². The summed E-state index contributed by atoms with van der Waals surface area (Å²) < 4.78 is 4.70. The summed E-state index contributed by atoms with van der Waals surface area (Å²) in [6, 6.07) is 0.0519. The van der Waals surface area contributed by atoms with Gasteiger partial charge >= 0.3 is 5.97 Å². The van der Waals surface area contributed by atoms with Crippen molar-refractivity contribution in [1.29, 1.82) is 0 Å². The Morgan fingerprint density at radius 1 is 1.50 bits per heavy atom. The Bertz CT molecular complexity index is 317. The van der Waals surface area contributed by atoms with E-state index in [-0.39, 0.29) is 30.4 Å². The molecule has 18 heavy (non-hydrogen) atoms. The van der Waals surface area contributed by atoms with Crippen LogP contribution >= 0.6 is 0 Å². The molecule has 0 aromatic carbocycles. The molecule has 0 spiro atoms. The molecule has 1 heterocycles. The second-order valence-corrected chi connectivity index (χ2v) is 5.21. The van der Waals surface area contributed by atoms with Gasteiger partial charge in [-0.2, -0.15) is 0 Å². The molecular weight excluding hydrogens is 232 g/mol.